The van der Waals surface area contributed by atoms with Crippen LogP contribution >= 0.6 is 31.9 Å². The standard InChI is InChI=1S/C4H4Br2/c1-2-4(6)3-5/h2-3H,1H2. The summed E-state index contributed by atoms with van der Waals surface area (Å²) in [7, 11) is 0. The summed E-state index contributed by atoms with van der Waals surface area (Å²) in [5, 5.41) is 0. The molecule has 0 unspecified atom stereocenters. The summed E-state index contributed by atoms with van der Waals surface area (Å²) in [6, 6.07) is 0. The molecule has 0 aromatic heterocycles. The fraction of sp³-hybridized carbons (Fsp3) is 0. The first-order valence-corrected chi connectivity index (χ1v) is 3.10. The lowest BCUT2D eigenvalue weighted by Gasteiger charge is -1.74. The van der Waals surface area contributed by atoms with Crippen LogP contribution in [0.5, 0.6) is 0 Å². The fourth-order valence-electron chi connectivity index (χ4n) is 0.0445. The molecule has 0 saturated heterocycles. The molecule has 0 aliphatic rings. The molecular formula is C4H4Br2. The van der Waals surface area contributed by atoms with Crippen molar-refractivity contribution in [1.82, 2.24) is 0 Å². The maximum absolute atomic E-state index is 3.49. The molecule has 6 heavy (non-hydrogen) atoms. The van der Waals surface area contributed by atoms with E-state index in [2.05, 4.69) is 38.4 Å². The van der Waals surface area contributed by atoms with Crippen LogP contribution < -0.4 is 0 Å². The third-order valence-corrected chi connectivity index (χ3v) is 1.96. The van der Waals surface area contributed by atoms with Crippen LogP contribution in [0.15, 0.2) is 22.1 Å². The van der Waals surface area contributed by atoms with E-state index in [9.17, 15) is 0 Å². The smallest absolute Gasteiger partial charge is 0.0238 e. The molecule has 0 aromatic rings. The van der Waals surface area contributed by atoms with E-state index in [1.165, 1.54) is 0 Å². The van der Waals surface area contributed by atoms with E-state index in [1.807, 2.05) is 0 Å². The molecule has 0 spiro atoms. The minimum atomic E-state index is 0.961. The average molecular weight is 212 g/mol. The van der Waals surface area contributed by atoms with E-state index in [-0.39, 0.29) is 0 Å². The Morgan fingerprint density at radius 2 is 2.17 bits per heavy atom. The van der Waals surface area contributed by atoms with Gasteiger partial charge in [-0.25, -0.2) is 0 Å². The zero-order valence-electron chi connectivity index (χ0n) is 3.12. The van der Waals surface area contributed by atoms with Crippen molar-refractivity contribution in [3.63, 3.8) is 0 Å². The first-order valence-electron chi connectivity index (χ1n) is 1.39. The van der Waals surface area contributed by atoms with Crippen LogP contribution in [0.1, 0.15) is 0 Å². The molecule has 0 aliphatic carbocycles. The zero-order chi connectivity index (χ0) is 4.99. The first kappa shape index (κ1) is 6.44. The highest BCUT2D eigenvalue weighted by Crippen LogP contribution is 2.06. The van der Waals surface area contributed by atoms with E-state index < -0.39 is 0 Å². The molecule has 0 radical (unpaired) electrons. The van der Waals surface area contributed by atoms with Crippen molar-refractivity contribution in [3.8, 4) is 0 Å². The molecule has 0 amide bonds. The van der Waals surface area contributed by atoms with E-state index >= 15 is 0 Å². The van der Waals surface area contributed by atoms with Gasteiger partial charge in [0.05, 0.1) is 0 Å². The summed E-state index contributed by atoms with van der Waals surface area (Å²) in [6.45, 7) is 3.49. The topological polar surface area (TPSA) is 0 Å². The van der Waals surface area contributed by atoms with Crippen molar-refractivity contribution in [1.29, 1.82) is 0 Å². The predicted molar refractivity (Wildman–Crippen MR) is 36.1 cm³/mol. The van der Waals surface area contributed by atoms with Gasteiger partial charge in [-0.15, -0.1) is 0 Å². The maximum atomic E-state index is 3.49. The second-order valence-corrected chi connectivity index (χ2v) is 2.07. The Hall–Kier alpha value is 0.440. The molecule has 0 saturated carbocycles. The minimum absolute atomic E-state index is 0.961. The first-order chi connectivity index (χ1) is 2.81. The van der Waals surface area contributed by atoms with Gasteiger partial charge < -0.3 is 0 Å². The fourth-order valence-corrected chi connectivity index (χ4v) is 0.231. The Morgan fingerprint density at radius 1 is 1.67 bits per heavy atom. The molecule has 0 aromatic carbocycles. The van der Waals surface area contributed by atoms with Crippen LogP contribution in [0.2, 0.25) is 0 Å². The molecule has 34 valence electrons. The van der Waals surface area contributed by atoms with Gasteiger partial charge in [-0.05, 0) is 4.99 Å². The average Bonchev–Trinajstić information content (AvgIpc) is 1.65. The lowest BCUT2D eigenvalue weighted by molar-refractivity contribution is 2.07. The van der Waals surface area contributed by atoms with E-state index in [4.69, 9.17) is 0 Å². The molecule has 0 heterocycles. The van der Waals surface area contributed by atoms with Gasteiger partial charge in [0.2, 0.25) is 0 Å². The van der Waals surface area contributed by atoms with Crippen molar-refractivity contribution >= 4 is 31.9 Å². The molecule has 0 N–H and O–H groups in total. The normalized spacial score (nSPS) is 11.3. The van der Waals surface area contributed by atoms with E-state index in [1.54, 1.807) is 11.1 Å². The Kier molecular flexibility index (Phi) is 3.89. The largest absolute Gasteiger partial charge is 0.0979 e. The van der Waals surface area contributed by atoms with Gasteiger partial charge in [-0.2, -0.15) is 0 Å². The van der Waals surface area contributed by atoms with E-state index in [0.29, 0.717) is 0 Å². The minimum Gasteiger partial charge on any atom is -0.0979 e. The molecule has 0 atom stereocenters. The Balaban J connectivity index is 3.50. The highest BCUT2D eigenvalue weighted by Gasteiger charge is 1.71. The monoisotopic (exact) mass is 210 g/mol. The molecule has 0 aliphatic heterocycles. The maximum Gasteiger partial charge on any atom is 0.0238 e. The number of allylic oxidation sites excluding steroid dienone is 2. The second-order valence-electron chi connectivity index (χ2n) is 0.698. The van der Waals surface area contributed by atoms with Gasteiger partial charge in [0.15, 0.2) is 0 Å². The predicted octanol–water partition coefficient (Wildman–Crippen LogP) is 2.80. The van der Waals surface area contributed by atoms with Gasteiger partial charge in [-0.3, -0.25) is 0 Å². The third-order valence-electron chi connectivity index (χ3n) is 0.299. The summed E-state index contributed by atoms with van der Waals surface area (Å²) in [5.41, 5.74) is 0. The van der Waals surface area contributed by atoms with E-state index in [0.717, 1.165) is 4.48 Å². The van der Waals surface area contributed by atoms with Crippen LogP contribution in [0.3, 0.4) is 0 Å². The van der Waals surface area contributed by atoms with Crippen LogP contribution in [0.4, 0.5) is 0 Å². The number of rotatable bonds is 1. The zero-order valence-corrected chi connectivity index (χ0v) is 6.29. The van der Waals surface area contributed by atoms with Crippen molar-refractivity contribution in [2.45, 2.75) is 0 Å². The molecular weight excluding hydrogens is 208 g/mol. The summed E-state index contributed by atoms with van der Waals surface area (Å²) in [6.07, 6.45) is 1.70. The summed E-state index contributed by atoms with van der Waals surface area (Å²) in [4.78, 5) is 1.75. The van der Waals surface area contributed by atoms with Crippen LogP contribution in [-0.4, -0.2) is 0 Å². The van der Waals surface area contributed by atoms with Gasteiger partial charge >= 0.3 is 0 Å². The van der Waals surface area contributed by atoms with Gasteiger partial charge in [0.25, 0.3) is 0 Å². The summed E-state index contributed by atoms with van der Waals surface area (Å²) >= 11 is 6.27. The molecule has 2 heteroatoms. The third kappa shape index (κ3) is 2.67. The van der Waals surface area contributed by atoms with Gasteiger partial charge in [-0.1, -0.05) is 44.5 Å². The summed E-state index contributed by atoms with van der Waals surface area (Å²) < 4.78 is 0.961. The number of hydrogen-bond acceptors (Lipinski definition) is 0. The Labute approximate surface area is 54.2 Å². The molecule has 0 rings (SSSR count). The summed E-state index contributed by atoms with van der Waals surface area (Å²) in [5.74, 6) is 0. The lowest BCUT2D eigenvalue weighted by Crippen LogP contribution is -1.46. The Bertz CT molecular complexity index is 73.6. The molecule has 0 nitrogen and oxygen atoms in total. The molecule has 0 fully saturated rings. The van der Waals surface area contributed by atoms with Gasteiger partial charge in [0.1, 0.15) is 0 Å². The SMILES string of the molecule is C=CC(Br)=CBr. The van der Waals surface area contributed by atoms with Gasteiger partial charge in [0, 0.05) is 4.48 Å². The second kappa shape index (κ2) is 3.62. The van der Waals surface area contributed by atoms with Crippen molar-refractivity contribution in [2.24, 2.45) is 0 Å². The van der Waals surface area contributed by atoms with Crippen molar-refractivity contribution < 1.29 is 0 Å². The highest BCUT2D eigenvalue weighted by molar-refractivity contribution is 9.14. The molecule has 0 bridgehead atoms. The number of halogens is 2. The lowest BCUT2D eigenvalue weighted by atomic mass is 10.6. The van der Waals surface area contributed by atoms with Crippen LogP contribution in [0.25, 0.3) is 0 Å². The van der Waals surface area contributed by atoms with Crippen LogP contribution in [-0.2, 0) is 0 Å². The highest BCUT2D eigenvalue weighted by atomic mass is 79.9. The van der Waals surface area contributed by atoms with Crippen molar-refractivity contribution in [3.05, 3.63) is 22.1 Å². The van der Waals surface area contributed by atoms with Crippen molar-refractivity contribution in [2.75, 3.05) is 0 Å². The quantitative estimate of drug-likeness (QED) is 0.586. The number of hydrogen-bond donors (Lipinski definition) is 0. The Morgan fingerprint density at radius 3 is 2.17 bits per heavy atom. The van der Waals surface area contributed by atoms with Crippen LogP contribution in [0, 0.1) is 0 Å².